The summed E-state index contributed by atoms with van der Waals surface area (Å²) < 4.78 is 10.6. The van der Waals surface area contributed by atoms with Gasteiger partial charge in [-0.15, -0.1) is 0 Å². The fraction of sp³-hybridized carbons (Fsp3) is 0.211. The van der Waals surface area contributed by atoms with Gasteiger partial charge >= 0.3 is 0 Å². The molecule has 1 aliphatic heterocycles. The number of benzene rings is 2. The number of methoxy groups -OCH3 is 2. The zero-order valence-electron chi connectivity index (χ0n) is 14.2. The first-order valence-corrected chi connectivity index (χ1v) is 8.18. The Kier molecular flexibility index (Phi) is 4.86. The van der Waals surface area contributed by atoms with Crippen LogP contribution in [0.3, 0.4) is 0 Å². The van der Waals surface area contributed by atoms with Gasteiger partial charge in [-0.1, -0.05) is 29.8 Å². The number of hydrogen-bond donors (Lipinski definition) is 1. The minimum atomic E-state index is -0.283. The number of nitrogens with one attached hydrogen (secondary N) is 1. The molecule has 1 heterocycles. The SMILES string of the molecule is COc1ccc(C2=C[C@@H](c3ccccc3Cl)N(C(C)=O)N2)cc1OC. The number of ether oxygens (including phenoxy) is 2. The lowest BCUT2D eigenvalue weighted by Crippen LogP contribution is -2.37. The molecule has 0 fully saturated rings. The van der Waals surface area contributed by atoms with Crippen LogP contribution in [-0.2, 0) is 4.79 Å². The summed E-state index contributed by atoms with van der Waals surface area (Å²) in [5.41, 5.74) is 5.72. The summed E-state index contributed by atoms with van der Waals surface area (Å²) in [6.07, 6.45) is 1.98. The standard InChI is InChI=1S/C19H19ClN2O3/c1-12(23)22-17(14-6-4-5-7-15(14)20)11-16(21-22)13-8-9-18(24-2)19(10-13)25-3/h4-11,17,21H,1-3H3/t17-/m0/s1. The van der Waals surface area contributed by atoms with E-state index in [2.05, 4.69) is 5.43 Å². The van der Waals surface area contributed by atoms with Crippen LogP contribution in [0.5, 0.6) is 11.5 Å². The minimum Gasteiger partial charge on any atom is -0.493 e. The maximum Gasteiger partial charge on any atom is 0.238 e. The molecular weight excluding hydrogens is 340 g/mol. The summed E-state index contributed by atoms with van der Waals surface area (Å²) in [5, 5.41) is 2.18. The number of amides is 1. The zero-order chi connectivity index (χ0) is 18.0. The van der Waals surface area contributed by atoms with Gasteiger partial charge in [0, 0.05) is 17.5 Å². The van der Waals surface area contributed by atoms with Crippen molar-refractivity contribution in [2.45, 2.75) is 13.0 Å². The molecule has 0 saturated heterocycles. The van der Waals surface area contributed by atoms with Gasteiger partial charge in [0.15, 0.2) is 11.5 Å². The van der Waals surface area contributed by atoms with Crippen molar-refractivity contribution in [3.63, 3.8) is 0 Å². The Morgan fingerprint density at radius 1 is 1.12 bits per heavy atom. The molecule has 130 valence electrons. The molecule has 0 bridgehead atoms. The van der Waals surface area contributed by atoms with Crippen molar-refractivity contribution in [2.75, 3.05) is 14.2 Å². The van der Waals surface area contributed by atoms with E-state index < -0.39 is 0 Å². The highest BCUT2D eigenvalue weighted by Crippen LogP contribution is 2.37. The number of carbonyl (C=O) groups is 1. The molecule has 1 aliphatic rings. The van der Waals surface area contributed by atoms with Gasteiger partial charge in [-0.2, -0.15) is 0 Å². The van der Waals surface area contributed by atoms with E-state index in [0.717, 1.165) is 16.8 Å². The van der Waals surface area contributed by atoms with Crippen LogP contribution in [0.15, 0.2) is 48.5 Å². The quantitative estimate of drug-likeness (QED) is 0.903. The maximum absolute atomic E-state index is 12.1. The largest absolute Gasteiger partial charge is 0.493 e. The number of hydrazine groups is 1. The first kappa shape index (κ1) is 17.2. The molecule has 2 aromatic rings. The van der Waals surface area contributed by atoms with Gasteiger partial charge in [0.05, 0.1) is 19.9 Å². The van der Waals surface area contributed by atoms with Gasteiger partial charge in [-0.25, -0.2) is 5.01 Å². The van der Waals surface area contributed by atoms with Crippen molar-refractivity contribution < 1.29 is 14.3 Å². The van der Waals surface area contributed by atoms with Crippen LogP contribution < -0.4 is 14.9 Å². The van der Waals surface area contributed by atoms with E-state index in [9.17, 15) is 4.79 Å². The fourth-order valence-corrected chi connectivity index (χ4v) is 3.10. The third-order valence-corrected chi connectivity index (χ3v) is 4.45. The summed E-state index contributed by atoms with van der Waals surface area (Å²) in [5.74, 6) is 1.17. The molecule has 3 rings (SSSR count). The van der Waals surface area contributed by atoms with Crippen LogP contribution >= 0.6 is 11.6 Å². The smallest absolute Gasteiger partial charge is 0.238 e. The molecule has 0 unspecified atom stereocenters. The lowest BCUT2D eigenvalue weighted by molar-refractivity contribution is -0.132. The van der Waals surface area contributed by atoms with Gasteiger partial charge in [0.25, 0.3) is 0 Å². The third-order valence-electron chi connectivity index (χ3n) is 4.10. The normalized spacial score (nSPS) is 16.2. The van der Waals surface area contributed by atoms with E-state index in [1.807, 2.05) is 48.5 Å². The van der Waals surface area contributed by atoms with E-state index in [1.165, 1.54) is 6.92 Å². The van der Waals surface area contributed by atoms with Crippen LogP contribution in [0.4, 0.5) is 0 Å². The van der Waals surface area contributed by atoms with Crippen LogP contribution in [0.2, 0.25) is 5.02 Å². The summed E-state index contributed by atoms with van der Waals surface area (Å²) >= 11 is 6.32. The van der Waals surface area contributed by atoms with Crippen LogP contribution in [0.1, 0.15) is 24.1 Å². The highest BCUT2D eigenvalue weighted by Gasteiger charge is 2.30. The highest BCUT2D eigenvalue weighted by molar-refractivity contribution is 6.31. The second-order valence-corrected chi connectivity index (χ2v) is 6.02. The Morgan fingerprint density at radius 3 is 2.48 bits per heavy atom. The molecule has 25 heavy (non-hydrogen) atoms. The summed E-state index contributed by atoms with van der Waals surface area (Å²) in [4.78, 5) is 12.1. The number of halogens is 1. The second kappa shape index (κ2) is 7.07. The van der Waals surface area contributed by atoms with Crippen LogP contribution in [0.25, 0.3) is 5.70 Å². The minimum absolute atomic E-state index is 0.100. The second-order valence-electron chi connectivity index (χ2n) is 5.62. The lowest BCUT2D eigenvalue weighted by Gasteiger charge is -2.24. The van der Waals surface area contributed by atoms with Gasteiger partial charge in [-0.05, 0) is 35.9 Å². The van der Waals surface area contributed by atoms with E-state index in [-0.39, 0.29) is 11.9 Å². The Morgan fingerprint density at radius 2 is 1.84 bits per heavy atom. The van der Waals surface area contributed by atoms with E-state index >= 15 is 0 Å². The summed E-state index contributed by atoms with van der Waals surface area (Å²) in [6.45, 7) is 1.52. The number of rotatable bonds is 4. The topological polar surface area (TPSA) is 50.8 Å². The van der Waals surface area contributed by atoms with Crippen molar-refractivity contribution in [2.24, 2.45) is 0 Å². The van der Waals surface area contributed by atoms with Gasteiger partial charge < -0.3 is 9.47 Å². The van der Waals surface area contributed by atoms with Crippen molar-refractivity contribution in [3.8, 4) is 11.5 Å². The molecular formula is C19H19ClN2O3. The number of nitrogens with zero attached hydrogens (tertiary/aromatic N) is 1. The third kappa shape index (κ3) is 3.28. The predicted molar refractivity (Wildman–Crippen MR) is 97.4 cm³/mol. The van der Waals surface area contributed by atoms with Crippen LogP contribution in [0, 0.1) is 0 Å². The molecule has 0 aliphatic carbocycles. The molecule has 0 saturated carbocycles. The monoisotopic (exact) mass is 358 g/mol. The predicted octanol–water partition coefficient (Wildman–Crippen LogP) is 3.81. The molecule has 1 amide bonds. The lowest BCUT2D eigenvalue weighted by atomic mass is 10.0. The highest BCUT2D eigenvalue weighted by atomic mass is 35.5. The molecule has 5 nitrogen and oxygen atoms in total. The fourth-order valence-electron chi connectivity index (χ4n) is 2.85. The number of carbonyl (C=O) groups excluding carboxylic acids is 1. The Bertz CT molecular complexity index is 835. The number of hydrogen-bond acceptors (Lipinski definition) is 4. The van der Waals surface area contributed by atoms with Crippen LogP contribution in [-0.4, -0.2) is 25.1 Å². The van der Waals surface area contributed by atoms with E-state index in [4.69, 9.17) is 21.1 Å². The molecule has 0 spiro atoms. The first-order chi connectivity index (χ1) is 12.0. The van der Waals surface area contributed by atoms with Crippen molar-refractivity contribution in [3.05, 3.63) is 64.7 Å². The van der Waals surface area contributed by atoms with Gasteiger partial charge in [0.1, 0.15) is 6.04 Å². The zero-order valence-corrected chi connectivity index (χ0v) is 15.0. The van der Waals surface area contributed by atoms with Crippen molar-refractivity contribution >= 4 is 23.2 Å². The van der Waals surface area contributed by atoms with E-state index in [1.54, 1.807) is 19.2 Å². The average molecular weight is 359 g/mol. The average Bonchev–Trinajstić information content (AvgIpc) is 3.07. The molecule has 1 atom stereocenters. The van der Waals surface area contributed by atoms with Crippen molar-refractivity contribution in [1.82, 2.24) is 10.4 Å². The molecule has 0 radical (unpaired) electrons. The van der Waals surface area contributed by atoms with Gasteiger partial charge in [0.2, 0.25) is 5.91 Å². The summed E-state index contributed by atoms with van der Waals surface area (Å²) in [6, 6.07) is 12.8. The molecule has 6 heteroatoms. The Labute approximate surface area is 151 Å². The Balaban J connectivity index is 2.02. The molecule has 1 N–H and O–H groups in total. The van der Waals surface area contributed by atoms with Gasteiger partial charge in [-0.3, -0.25) is 10.2 Å². The Hall–Kier alpha value is -2.66. The summed E-state index contributed by atoms with van der Waals surface area (Å²) in [7, 11) is 3.18. The van der Waals surface area contributed by atoms with E-state index in [0.29, 0.717) is 16.5 Å². The molecule has 0 aromatic heterocycles. The van der Waals surface area contributed by atoms with Crippen molar-refractivity contribution in [1.29, 1.82) is 0 Å². The maximum atomic E-state index is 12.1. The first-order valence-electron chi connectivity index (χ1n) is 7.80. The molecule has 2 aromatic carbocycles.